The highest BCUT2D eigenvalue weighted by Gasteiger charge is 2.17. The average molecular weight is 365 g/mol. The van der Waals surface area contributed by atoms with E-state index in [1.807, 2.05) is 0 Å². The number of nitrogens with one attached hydrogen (secondary N) is 2. The standard InChI is InChI=1S/C15H24N2O4S.ClH/c1-5-17(6-2)10-9-16-15(18)13-11-12(22(4,19)20)7-8-14(13)21-3;/h7-8,11H,5-6,9-10H2,1-4H3,(H,16,18);1H. The first kappa shape index (κ1) is 21.7. The molecule has 0 aromatic heterocycles. The van der Waals surface area contributed by atoms with Crippen molar-refractivity contribution in [2.24, 2.45) is 0 Å². The van der Waals surface area contributed by atoms with Crippen molar-refractivity contribution >= 4 is 15.7 Å². The van der Waals surface area contributed by atoms with Crippen molar-refractivity contribution in [1.29, 1.82) is 0 Å². The molecule has 1 aromatic rings. The summed E-state index contributed by atoms with van der Waals surface area (Å²) in [7, 11) is -1.91. The van der Waals surface area contributed by atoms with E-state index < -0.39 is 9.84 Å². The Hall–Kier alpha value is -1.31. The minimum absolute atomic E-state index is 0. The first-order valence-corrected chi connectivity index (χ1v) is 9.22. The largest absolute Gasteiger partial charge is 1.00 e. The van der Waals surface area contributed by atoms with Crippen molar-refractivity contribution in [2.75, 3.05) is 39.5 Å². The van der Waals surface area contributed by atoms with Crippen molar-refractivity contribution in [2.45, 2.75) is 18.7 Å². The number of halogens is 1. The zero-order valence-corrected chi connectivity index (χ0v) is 15.6. The zero-order chi connectivity index (χ0) is 16.8. The van der Waals surface area contributed by atoms with Gasteiger partial charge in [-0.2, -0.15) is 0 Å². The van der Waals surface area contributed by atoms with Crippen LogP contribution < -0.4 is 27.4 Å². The van der Waals surface area contributed by atoms with Crippen LogP contribution in [0.25, 0.3) is 0 Å². The Morgan fingerprint density at radius 1 is 1.26 bits per heavy atom. The van der Waals surface area contributed by atoms with Gasteiger partial charge in [0.2, 0.25) is 0 Å². The minimum Gasteiger partial charge on any atom is -1.00 e. The van der Waals surface area contributed by atoms with Crippen LogP contribution in [0.3, 0.4) is 0 Å². The number of sulfone groups is 1. The molecule has 1 amide bonds. The number of methoxy groups -OCH3 is 1. The molecule has 0 spiro atoms. The maximum atomic E-state index is 12.3. The average Bonchev–Trinajstić information content (AvgIpc) is 2.49. The van der Waals surface area contributed by atoms with Gasteiger partial charge in [0.1, 0.15) is 5.75 Å². The Bertz CT molecular complexity index is 616. The van der Waals surface area contributed by atoms with E-state index in [2.05, 4.69) is 19.2 Å². The Balaban J connectivity index is 0.00000484. The van der Waals surface area contributed by atoms with Gasteiger partial charge in [-0.25, -0.2) is 8.42 Å². The first-order chi connectivity index (χ1) is 10.3. The van der Waals surface area contributed by atoms with Crippen molar-refractivity contribution < 1.29 is 35.3 Å². The Morgan fingerprint density at radius 2 is 1.87 bits per heavy atom. The summed E-state index contributed by atoms with van der Waals surface area (Å²) < 4.78 is 28.4. The van der Waals surface area contributed by atoms with E-state index in [0.717, 1.165) is 25.9 Å². The molecule has 0 unspecified atom stereocenters. The van der Waals surface area contributed by atoms with E-state index in [0.29, 0.717) is 12.3 Å². The molecule has 0 aliphatic rings. The SMILES string of the molecule is CC[NH+](CC)CCNC(=O)c1cc(S(C)(=O)=O)ccc1OC.[Cl-]. The number of hydrogen-bond donors (Lipinski definition) is 2. The van der Waals surface area contributed by atoms with Crippen LogP contribution in [-0.2, 0) is 9.84 Å². The number of rotatable bonds is 8. The highest BCUT2D eigenvalue weighted by Crippen LogP contribution is 2.22. The summed E-state index contributed by atoms with van der Waals surface area (Å²) in [5, 5.41) is 2.82. The topological polar surface area (TPSA) is 76.9 Å². The van der Waals surface area contributed by atoms with Crippen LogP contribution in [0.4, 0.5) is 0 Å². The van der Waals surface area contributed by atoms with Crippen molar-refractivity contribution in [1.82, 2.24) is 5.32 Å². The molecular formula is C15H25ClN2O4S. The molecule has 0 aliphatic carbocycles. The maximum absolute atomic E-state index is 12.3. The van der Waals surface area contributed by atoms with Gasteiger partial charge in [0, 0.05) is 6.26 Å². The lowest BCUT2D eigenvalue weighted by atomic mass is 10.2. The van der Waals surface area contributed by atoms with Crippen molar-refractivity contribution in [3.8, 4) is 5.75 Å². The second-order valence-electron chi connectivity index (χ2n) is 5.10. The van der Waals surface area contributed by atoms with E-state index in [1.54, 1.807) is 0 Å². The second kappa shape index (κ2) is 9.75. The monoisotopic (exact) mass is 364 g/mol. The van der Waals surface area contributed by atoms with Crippen LogP contribution in [0.15, 0.2) is 23.1 Å². The molecule has 23 heavy (non-hydrogen) atoms. The Morgan fingerprint density at radius 3 is 2.35 bits per heavy atom. The quantitative estimate of drug-likeness (QED) is 0.508. The third-order valence-corrected chi connectivity index (χ3v) is 4.72. The van der Waals surface area contributed by atoms with E-state index in [9.17, 15) is 13.2 Å². The summed E-state index contributed by atoms with van der Waals surface area (Å²) >= 11 is 0. The number of quaternary nitrogens is 1. The van der Waals surface area contributed by atoms with Crippen LogP contribution >= 0.6 is 0 Å². The van der Waals surface area contributed by atoms with Gasteiger partial charge < -0.3 is 27.4 Å². The zero-order valence-electron chi connectivity index (χ0n) is 14.0. The lowest BCUT2D eigenvalue weighted by molar-refractivity contribution is -0.895. The molecule has 0 fully saturated rings. The summed E-state index contributed by atoms with van der Waals surface area (Å²) in [6, 6.07) is 4.29. The molecule has 8 heteroatoms. The van der Waals surface area contributed by atoms with Crippen LogP contribution in [0.5, 0.6) is 5.75 Å². The molecule has 0 radical (unpaired) electrons. The molecule has 2 N–H and O–H groups in total. The number of carbonyl (C=O) groups is 1. The molecule has 132 valence electrons. The van der Waals surface area contributed by atoms with Gasteiger partial charge in [-0.3, -0.25) is 4.79 Å². The smallest absolute Gasteiger partial charge is 0.255 e. The van der Waals surface area contributed by atoms with Gasteiger partial charge in [-0.15, -0.1) is 0 Å². The molecule has 6 nitrogen and oxygen atoms in total. The molecule has 0 saturated carbocycles. The predicted octanol–water partition coefficient (Wildman–Crippen LogP) is -3.24. The van der Waals surface area contributed by atoms with Gasteiger partial charge in [0.05, 0.1) is 43.7 Å². The molecule has 0 aliphatic heterocycles. The van der Waals surface area contributed by atoms with E-state index >= 15 is 0 Å². The van der Waals surface area contributed by atoms with Crippen LogP contribution in [-0.4, -0.2) is 53.9 Å². The van der Waals surface area contributed by atoms with Gasteiger partial charge >= 0.3 is 0 Å². The maximum Gasteiger partial charge on any atom is 0.255 e. The van der Waals surface area contributed by atoms with Gasteiger partial charge in [0.25, 0.3) is 5.91 Å². The fraction of sp³-hybridized carbons (Fsp3) is 0.533. The summed E-state index contributed by atoms with van der Waals surface area (Å²) in [6.45, 7) is 7.55. The summed E-state index contributed by atoms with van der Waals surface area (Å²) in [5.74, 6) is 0.0361. The number of ether oxygens (including phenoxy) is 1. The highest BCUT2D eigenvalue weighted by atomic mass is 35.5. The molecule has 0 heterocycles. The highest BCUT2D eigenvalue weighted by molar-refractivity contribution is 7.90. The van der Waals surface area contributed by atoms with Crippen LogP contribution in [0.2, 0.25) is 0 Å². The molecule has 0 saturated heterocycles. The van der Waals surface area contributed by atoms with Gasteiger partial charge in [-0.1, -0.05) is 0 Å². The normalized spacial score (nSPS) is 11.0. The molecule has 1 rings (SSSR count). The van der Waals surface area contributed by atoms with Gasteiger partial charge in [-0.05, 0) is 32.0 Å². The van der Waals surface area contributed by atoms with Gasteiger partial charge in [0.15, 0.2) is 9.84 Å². The molecule has 0 atom stereocenters. The second-order valence-corrected chi connectivity index (χ2v) is 7.11. The van der Waals surface area contributed by atoms with E-state index in [-0.39, 0.29) is 28.8 Å². The Kier molecular flexibility index (Phi) is 9.19. The minimum atomic E-state index is -3.37. The van der Waals surface area contributed by atoms with Crippen molar-refractivity contribution in [3.05, 3.63) is 23.8 Å². The summed E-state index contributed by atoms with van der Waals surface area (Å²) in [6.07, 6.45) is 1.11. The number of hydrogen-bond acceptors (Lipinski definition) is 4. The number of amides is 1. The van der Waals surface area contributed by atoms with Crippen molar-refractivity contribution in [3.63, 3.8) is 0 Å². The lowest BCUT2D eigenvalue weighted by Crippen LogP contribution is -3.12. The lowest BCUT2D eigenvalue weighted by Gasteiger charge is -2.16. The first-order valence-electron chi connectivity index (χ1n) is 7.33. The third kappa shape index (κ3) is 6.37. The fourth-order valence-corrected chi connectivity index (χ4v) is 2.79. The number of likely N-dealkylation sites (N-methyl/N-ethyl adjacent to an activating group) is 1. The van der Waals surface area contributed by atoms with Crippen LogP contribution in [0, 0.1) is 0 Å². The Labute approximate surface area is 144 Å². The summed E-state index contributed by atoms with van der Waals surface area (Å²) in [4.78, 5) is 13.8. The van der Waals surface area contributed by atoms with E-state index in [1.165, 1.54) is 30.2 Å². The van der Waals surface area contributed by atoms with Crippen LogP contribution in [0.1, 0.15) is 24.2 Å². The predicted molar refractivity (Wildman–Crippen MR) is 85.3 cm³/mol. The number of carbonyl (C=O) groups excluding carboxylic acids is 1. The van der Waals surface area contributed by atoms with E-state index in [4.69, 9.17) is 4.74 Å². The number of benzene rings is 1. The molecular weight excluding hydrogens is 340 g/mol. The fourth-order valence-electron chi connectivity index (χ4n) is 2.15. The molecule has 0 bridgehead atoms. The third-order valence-electron chi connectivity index (χ3n) is 3.61. The molecule has 1 aromatic carbocycles. The summed E-state index contributed by atoms with van der Waals surface area (Å²) in [5.41, 5.74) is 0.236.